The molecule has 1 amide bonds. The smallest absolute Gasteiger partial charge is 0.272 e. The Kier molecular flexibility index (Phi) is 5.18. The van der Waals surface area contributed by atoms with Crippen LogP contribution in [0.2, 0.25) is 5.02 Å². The van der Waals surface area contributed by atoms with Gasteiger partial charge in [-0.15, -0.1) is 0 Å². The number of aromatic amines is 1. The first kappa shape index (κ1) is 16.3. The van der Waals surface area contributed by atoms with E-state index in [9.17, 15) is 4.79 Å². The third kappa shape index (κ3) is 3.85. The normalized spacial score (nSPS) is 16.8. The molecule has 1 aliphatic rings. The SMILES string of the molecule is CCCCN1CCC(NC(=O)c2n[nH]c3ccc(Cl)cc23)CC1. The lowest BCUT2D eigenvalue weighted by molar-refractivity contribution is 0.0907. The van der Waals surface area contributed by atoms with Crippen LogP contribution in [-0.4, -0.2) is 46.7 Å². The zero-order chi connectivity index (χ0) is 16.2. The number of benzene rings is 1. The van der Waals surface area contributed by atoms with Crippen LogP contribution in [0.25, 0.3) is 10.9 Å². The first-order valence-electron chi connectivity index (χ1n) is 8.34. The number of amides is 1. The van der Waals surface area contributed by atoms with Crippen LogP contribution < -0.4 is 5.32 Å². The minimum absolute atomic E-state index is 0.120. The number of likely N-dealkylation sites (tertiary alicyclic amines) is 1. The van der Waals surface area contributed by atoms with Gasteiger partial charge in [-0.2, -0.15) is 5.10 Å². The summed E-state index contributed by atoms with van der Waals surface area (Å²) in [5, 5.41) is 11.5. The molecule has 0 radical (unpaired) electrons. The van der Waals surface area contributed by atoms with Crippen molar-refractivity contribution in [3.63, 3.8) is 0 Å². The molecule has 2 heterocycles. The molecule has 0 atom stereocenters. The van der Waals surface area contributed by atoms with Gasteiger partial charge >= 0.3 is 0 Å². The lowest BCUT2D eigenvalue weighted by Crippen LogP contribution is -2.44. The van der Waals surface area contributed by atoms with Crippen LogP contribution >= 0.6 is 11.6 Å². The number of H-pyrrole nitrogens is 1. The molecule has 0 unspecified atom stereocenters. The van der Waals surface area contributed by atoms with E-state index in [1.165, 1.54) is 19.4 Å². The van der Waals surface area contributed by atoms with Gasteiger partial charge in [-0.25, -0.2) is 0 Å². The van der Waals surface area contributed by atoms with Crippen LogP contribution in [0.1, 0.15) is 43.1 Å². The molecular weight excluding hydrogens is 312 g/mol. The van der Waals surface area contributed by atoms with Crippen LogP contribution in [0.15, 0.2) is 18.2 Å². The van der Waals surface area contributed by atoms with Crippen LogP contribution in [0, 0.1) is 0 Å². The molecular formula is C17H23ClN4O. The van der Waals surface area contributed by atoms with E-state index in [0.29, 0.717) is 10.7 Å². The monoisotopic (exact) mass is 334 g/mol. The zero-order valence-electron chi connectivity index (χ0n) is 13.4. The standard InChI is InChI=1S/C17H23ClN4O/c1-2-3-8-22-9-6-13(7-10-22)19-17(23)16-14-11-12(18)4-5-15(14)20-21-16/h4-5,11,13H,2-3,6-10H2,1H3,(H,19,23)(H,20,21). The highest BCUT2D eigenvalue weighted by Crippen LogP contribution is 2.21. The maximum Gasteiger partial charge on any atom is 0.272 e. The molecule has 6 heteroatoms. The van der Waals surface area contributed by atoms with Crippen molar-refractivity contribution in [2.45, 2.75) is 38.6 Å². The quantitative estimate of drug-likeness (QED) is 0.882. The molecule has 1 aromatic carbocycles. The summed E-state index contributed by atoms with van der Waals surface area (Å²) < 4.78 is 0. The fourth-order valence-electron chi connectivity index (χ4n) is 3.10. The van der Waals surface area contributed by atoms with Crippen molar-refractivity contribution >= 4 is 28.4 Å². The number of aromatic nitrogens is 2. The van der Waals surface area contributed by atoms with Crippen LogP contribution in [0.3, 0.4) is 0 Å². The number of unbranched alkanes of at least 4 members (excludes halogenated alkanes) is 1. The molecule has 1 aliphatic heterocycles. The zero-order valence-corrected chi connectivity index (χ0v) is 14.2. The third-order valence-corrected chi connectivity index (χ3v) is 4.73. The minimum atomic E-state index is -0.120. The molecule has 5 nitrogen and oxygen atoms in total. The van der Waals surface area contributed by atoms with Crippen LogP contribution in [-0.2, 0) is 0 Å². The van der Waals surface area contributed by atoms with E-state index in [2.05, 4.69) is 27.3 Å². The van der Waals surface area contributed by atoms with Crippen LogP contribution in [0.5, 0.6) is 0 Å². The van der Waals surface area contributed by atoms with E-state index in [0.717, 1.165) is 36.8 Å². The van der Waals surface area contributed by atoms with Gasteiger partial charge in [0.15, 0.2) is 5.69 Å². The summed E-state index contributed by atoms with van der Waals surface area (Å²) in [6, 6.07) is 5.64. The fraction of sp³-hybridized carbons (Fsp3) is 0.529. The lowest BCUT2D eigenvalue weighted by atomic mass is 10.0. The van der Waals surface area contributed by atoms with Crippen molar-refractivity contribution in [2.75, 3.05) is 19.6 Å². The molecule has 0 aliphatic carbocycles. The summed E-state index contributed by atoms with van der Waals surface area (Å²) >= 11 is 6.02. The number of hydrogen-bond donors (Lipinski definition) is 2. The minimum Gasteiger partial charge on any atom is -0.348 e. The highest BCUT2D eigenvalue weighted by Gasteiger charge is 2.22. The highest BCUT2D eigenvalue weighted by atomic mass is 35.5. The Hall–Kier alpha value is -1.59. The lowest BCUT2D eigenvalue weighted by Gasteiger charge is -2.32. The second-order valence-corrected chi connectivity index (χ2v) is 6.64. The number of nitrogens with one attached hydrogen (secondary N) is 2. The van der Waals surface area contributed by atoms with Gasteiger partial charge in [-0.1, -0.05) is 24.9 Å². The molecule has 0 bridgehead atoms. The molecule has 2 N–H and O–H groups in total. The second-order valence-electron chi connectivity index (χ2n) is 6.21. The fourth-order valence-corrected chi connectivity index (χ4v) is 3.27. The highest BCUT2D eigenvalue weighted by molar-refractivity contribution is 6.31. The molecule has 0 saturated carbocycles. The number of fused-ring (bicyclic) bond motifs is 1. The van der Waals surface area contributed by atoms with Gasteiger partial charge in [0.05, 0.1) is 5.52 Å². The molecule has 23 heavy (non-hydrogen) atoms. The van der Waals surface area contributed by atoms with Crippen molar-refractivity contribution < 1.29 is 4.79 Å². The third-order valence-electron chi connectivity index (χ3n) is 4.49. The summed E-state index contributed by atoms with van der Waals surface area (Å²) in [7, 11) is 0. The van der Waals surface area contributed by atoms with Gasteiger partial charge in [0.2, 0.25) is 0 Å². The summed E-state index contributed by atoms with van der Waals surface area (Å²) in [6.07, 6.45) is 4.47. The number of halogens is 1. The predicted octanol–water partition coefficient (Wildman–Crippen LogP) is 3.21. The number of carbonyl (C=O) groups excluding carboxylic acids is 1. The average Bonchev–Trinajstić information content (AvgIpc) is 2.97. The largest absolute Gasteiger partial charge is 0.348 e. The second kappa shape index (κ2) is 7.32. The van der Waals surface area contributed by atoms with E-state index in [1.807, 2.05) is 6.07 Å². The van der Waals surface area contributed by atoms with Gasteiger partial charge in [-0.05, 0) is 44.0 Å². The van der Waals surface area contributed by atoms with Crippen molar-refractivity contribution in [2.24, 2.45) is 0 Å². The van der Waals surface area contributed by atoms with Crippen molar-refractivity contribution in [3.05, 3.63) is 28.9 Å². The Morgan fingerprint density at radius 1 is 1.43 bits per heavy atom. The first-order valence-corrected chi connectivity index (χ1v) is 8.72. The molecule has 2 aromatic rings. The maximum atomic E-state index is 12.5. The summed E-state index contributed by atoms with van der Waals surface area (Å²) in [6.45, 7) is 5.49. The van der Waals surface area contributed by atoms with Crippen molar-refractivity contribution in [3.8, 4) is 0 Å². The Morgan fingerprint density at radius 2 is 2.22 bits per heavy atom. The van der Waals surface area contributed by atoms with E-state index in [-0.39, 0.29) is 11.9 Å². The van der Waals surface area contributed by atoms with Crippen molar-refractivity contribution in [1.82, 2.24) is 20.4 Å². The Balaban J connectivity index is 1.60. The first-order chi connectivity index (χ1) is 11.2. The van der Waals surface area contributed by atoms with Gasteiger partial charge in [0.25, 0.3) is 5.91 Å². The molecule has 3 rings (SSSR count). The van der Waals surface area contributed by atoms with E-state index >= 15 is 0 Å². The van der Waals surface area contributed by atoms with Crippen LogP contribution in [0.4, 0.5) is 0 Å². The molecule has 1 saturated heterocycles. The summed E-state index contributed by atoms with van der Waals surface area (Å²) in [4.78, 5) is 15.0. The summed E-state index contributed by atoms with van der Waals surface area (Å²) in [5.41, 5.74) is 1.25. The molecule has 124 valence electrons. The Morgan fingerprint density at radius 3 is 2.96 bits per heavy atom. The van der Waals surface area contributed by atoms with Gasteiger partial charge < -0.3 is 10.2 Å². The number of hydrogen-bond acceptors (Lipinski definition) is 3. The van der Waals surface area contributed by atoms with Gasteiger partial charge in [0.1, 0.15) is 0 Å². The van der Waals surface area contributed by atoms with E-state index < -0.39 is 0 Å². The van der Waals surface area contributed by atoms with E-state index in [1.54, 1.807) is 12.1 Å². The number of carbonyl (C=O) groups is 1. The van der Waals surface area contributed by atoms with Gasteiger partial charge in [-0.3, -0.25) is 9.89 Å². The predicted molar refractivity (Wildman–Crippen MR) is 92.9 cm³/mol. The number of piperidine rings is 1. The van der Waals surface area contributed by atoms with E-state index in [4.69, 9.17) is 11.6 Å². The molecule has 0 spiro atoms. The Bertz CT molecular complexity index is 676. The van der Waals surface area contributed by atoms with Crippen molar-refractivity contribution in [1.29, 1.82) is 0 Å². The average molecular weight is 335 g/mol. The topological polar surface area (TPSA) is 61.0 Å². The number of nitrogens with zero attached hydrogens (tertiary/aromatic N) is 2. The molecule has 1 fully saturated rings. The van der Waals surface area contributed by atoms with Gasteiger partial charge in [0, 0.05) is 29.5 Å². The maximum absolute atomic E-state index is 12.5. The molecule has 1 aromatic heterocycles. The summed E-state index contributed by atoms with van der Waals surface area (Å²) in [5.74, 6) is -0.120. The number of rotatable bonds is 5. The Labute approximate surface area is 141 Å².